The van der Waals surface area contributed by atoms with Gasteiger partial charge in [-0.2, -0.15) is 4.52 Å². The molecule has 0 atom stereocenters. The Morgan fingerprint density at radius 1 is 0.938 bits per heavy atom. The highest BCUT2D eigenvalue weighted by atomic mass is 16.5. The second kappa shape index (κ2) is 10.4. The summed E-state index contributed by atoms with van der Waals surface area (Å²) in [5.74, 6) is 1.67. The number of carbonyl (C=O) groups excluding carboxylic acids is 1. The van der Waals surface area contributed by atoms with E-state index in [1.165, 1.54) is 0 Å². The summed E-state index contributed by atoms with van der Waals surface area (Å²) in [7, 11) is 0. The molecule has 0 aliphatic carbocycles. The lowest BCUT2D eigenvalue weighted by Crippen LogP contribution is -2.28. The number of unbranched alkanes of at least 4 members (excludes halogenated alkanes) is 1. The molecular weight excluding hydrogens is 406 g/mol. The molecule has 2 aromatic carbocycles. The fourth-order valence-corrected chi connectivity index (χ4v) is 3.08. The van der Waals surface area contributed by atoms with Crippen LogP contribution in [0.3, 0.4) is 0 Å². The fraction of sp³-hybridized carbons (Fsp3) is 0.250. The van der Waals surface area contributed by atoms with E-state index in [2.05, 4.69) is 27.5 Å². The van der Waals surface area contributed by atoms with E-state index in [1.54, 1.807) is 28.8 Å². The summed E-state index contributed by atoms with van der Waals surface area (Å²) >= 11 is 0. The van der Waals surface area contributed by atoms with Gasteiger partial charge in [-0.25, -0.2) is 0 Å². The van der Waals surface area contributed by atoms with Crippen molar-refractivity contribution in [2.45, 2.75) is 19.8 Å². The Hall–Kier alpha value is -3.94. The number of rotatable bonds is 10. The lowest BCUT2D eigenvalue weighted by atomic mass is 10.2. The van der Waals surface area contributed by atoms with Crippen molar-refractivity contribution in [3.63, 3.8) is 0 Å². The van der Waals surface area contributed by atoms with E-state index in [4.69, 9.17) is 9.47 Å². The average molecular weight is 431 g/mol. The zero-order valence-corrected chi connectivity index (χ0v) is 17.9. The molecule has 4 aromatic rings. The van der Waals surface area contributed by atoms with Gasteiger partial charge in [-0.3, -0.25) is 4.79 Å². The van der Waals surface area contributed by atoms with Crippen LogP contribution < -0.4 is 14.8 Å². The number of carbonyl (C=O) groups is 1. The van der Waals surface area contributed by atoms with Crippen LogP contribution in [0.2, 0.25) is 0 Å². The van der Waals surface area contributed by atoms with Gasteiger partial charge in [0.15, 0.2) is 11.5 Å². The van der Waals surface area contributed by atoms with Crippen LogP contribution in [0.25, 0.3) is 17.0 Å². The van der Waals surface area contributed by atoms with E-state index in [0.717, 1.165) is 24.2 Å². The molecule has 0 spiro atoms. The van der Waals surface area contributed by atoms with Crippen molar-refractivity contribution in [1.82, 2.24) is 25.1 Å². The molecule has 0 radical (unpaired) electrons. The van der Waals surface area contributed by atoms with Crippen molar-refractivity contribution < 1.29 is 14.3 Å². The summed E-state index contributed by atoms with van der Waals surface area (Å²) in [6.07, 6.45) is 2.09. The molecule has 8 heteroatoms. The van der Waals surface area contributed by atoms with Crippen LogP contribution in [0, 0.1) is 0 Å². The second-order valence-electron chi connectivity index (χ2n) is 7.16. The van der Waals surface area contributed by atoms with Gasteiger partial charge in [0.05, 0.1) is 13.2 Å². The lowest BCUT2D eigenvalue weighted by molar-refractivity contribution is 0.0946. The molecule has 0 aliphatic heterocycles. The van der Waals surface area contributed by atoms with Crippen LogP contribution >= 0.6 is 0 Å². The fourth-order valence-electron chi connectivity index (χ4n) is 3.08. The Bertz CT molecular complexity index is 1160. The van der Waals surface area contributed by atoms with Gasteiger partial charge in [0.1, 0.15) is 12.4 Å². The monoisotopic (exact) mass is 431 g/mol. The highest BCUT2D eigenvalue weighted by Gasteiger charge is 2.10. The van der Waals surface area contributed by atoms with Crippen LogP contribution in [0.4, 0.5) is 0 Å². The number of amides is 1. The Kier molecular flexibility index (Phi) is 6.91. The summed E-state index contributed by atoms with van der Waals surface area (Å²) in [6.45, 7) is 3.43. The lowest BCUT2D eigenvalue weighted by Gasteiger charge is -2.09. The molecule has 0 bridgehead atoms. The Labute approximate surface area is 186 Å². The minimum Gasteiger partial charge on any atom is -0.494 e. The van der Waals surface area contributed by atoms with Crippen LogP contribution in [-0.4, -0.2) is 45.5 Å². The van der Waals surface area contributed by atoms with Crippen molar-refractivity contribution in [2.75, 3.05) is 19.8 Å². The molecule has 4 rings (SSSR count). The van der Waals surface area contributed by atoms with E-state index in [-0.39, 0.29) is 12.5 Å². The van der Waals surface area contributed by atoms with Gasteiger partial charge in [-0.05, 0) is 36.8 Å². The first kappa shape index (κ1) is 21.3. The van der Waals surface area contributed by atoms with Crippen molar-refractivity contribution >= 4 is 11.6 Å². The first-order valence-corrected chi connectivity index (χ1v) is 10.7. The molecule has 0 unspecified atom stereocenters. The molecular formula is C24H25N5O3. The molecule has 0 aliphatic rings. The van der Waals surface area contributed by atoms with Crippen LogP contribution in [0.1, 0.15) is 30.1 Å². The second-order valence-corrected chi connectivity index (χ2v) is 7.16. The van der Waals surface area contributed by atoms with E-state index in [0.29, 0.717) is 36.1 Å². The van der Waals surface area contributed by atoms with Crippen molar-refractivity contribution in [2.24, 2.45) is 0 Å². The predicted molar refractivity (Wildman–Crippen MR) is 121 cm³/mol. The standard InChI is InChI=1S/C24H25N5O3/c1-2-3-16-31-20-11-9-19(10-12-20)24(30)25-15-17-32-22-14-13-21-26-27-23(29(21)28-22)18-7-5-4-6-8-18/h4-14H,2-3,15-17H2,1H3,(H,25,30). The third kappa shape index (κ3) is 5.21. The molecule has 0 saturated carbocycles. The van der Waals surface area contributed by atoms with E-state index < -0.39 is 0 Å². The molecule has 1 amide bonds. The van der Waals surface area contributed by atoms with Gasteiger partial charge >= 0.3 is 0 Å². The summed E-state index contributed by atoms with van der Waals surface area (Å²) in [4.78, 5) is 12.3. The van der Waals surface area contributed by atoms with Crippen molar-refractivity contribution in [3.8, 4) is 23.0 Å². The third-order valence-corrected chi connectivity index (χ3v) is 4.79. The molecule has 2 heterocycles. The molecule has 0 fully saturated rings. The zero-order valence-electron chi connectivity index (χ0n) is 17.9. The molecule has 1 N–H and O–H groups in total. The minimum absolute atomic E-state index is 0.165. The topological polar surface area (TPSA) is 90.6 Å². The summed E-state index contributed by atoms with van der Waals surface area (Å²) in [6, 6.07) is 20.4. The average Bonchev–Trinajstić information content (AvgIpc) is 3.26. The van der Waals surface area contributed by atoms with Crippen molar-refractivity contribution in [1.29, 1.82) is 0 Å². The first-order valence-electron chi connectivity index (χ1n) is 10.7. The van der Waals surface area contributed by atoms with Crippen LogP contribution in [0.15, 0.2) is 66.7 Å². The van der Waals surface area contributed by atoms with Gasteiger partial charge in [0.25, 0.3) is 5.91 Å². The minimum atomic E-state index is -0.165. The highest BCUT2D eigenvalue weighted by molar-refractivity contribution is 5.94. The van der Waals surface area contributed by atoms with E-state index >= 15 is 0 Å². The van der Waals surface area contributed by atoms with Gasteiger partial charge in [0, 0.05) is 17.2 Å². The Morgan fingerprint density at radius 2 is 1.75 bits per heavy atom. The molecule has 8 nitrogen and oxygen atoms in total. The van der Waals surface area contributed by atoms with Crippen molar-refractivity contribution in [3.05, 3.63) is 72.3 Å². The summed E-state index contributed by atoms with van der Waals surface area (Å²) in [5.41, 5.74) is 2.12. The Balaban J connectivity index is 1.29. The predicted octanol–water partition coefficient (Wildman–Crippen LogP) is 3.78. The first-order chi connectivity index (χ1) is 15.7. The number of fused-ring (bicyclic) bond motifs is 1. The van der Waals surface area contributed by atoms with Gasteiger partial charge in [-0.15, -0.1) is 15.3 Å². The maximum Gasteiger partial charge on any atom is 0.251 e. The number of aromatic nitrogens is 4. The number of ether oxygens (including phenoxy) is 2. The maximum atomic E-state index is 12.3. The Morgan fingerprint density at radius 3 is 2.53 bits per heavy atom. The van der Waals surface area contributed by atoms with Gasteiger partial charge in [0.2, 0.25) is 5.88 Å². The highest BCUT2D eigenvalue weighted by Crippen LogP contribution is 2.18. The van der Waals surface area contributed by atoms with Gasteiger partial charge < -0.3 is 14.8 Å². The molecule has 164 valence electrons. The molecule has 2 aromatic heterocycles. The summed E-state index contributed by atoms with van der Waals surface area (Å²) < 4.78 is 13.0. The number of hydrogen-bond donors (Lipinski definition) is 1. The van der Waals surface area contributed by atoms with E-state index in [9.17, 15) is 4.79 Å². The normalized spacial score (nSPS) is 10.8. The molecule has 0 saturated heterocycles. The van der Waals surface area contributed by atoms with Crippen LogP contribution in [0.5, 0.6) is 11.6 Å². The third-order valence-electron chi connectivity index (χ3n) is 4.79. The maximum absolute atomic E-state index is 12.3. The van der Waals surface area contributed by atoms with E-state index in [1.807, 2.05) is 42.5 Å². The van der Waals surface area contributed by atoms with Gasteiger partial charge in [-0.1, -0.05) is 43.7 Å². The summed E-state index contributed by atoms with van der Waals surface area (Å²) in [5, 5.41) is 15.7. The number of benzene rings is 2. The number of nitrogens with one attached hydrogen (secondary N) is 1. The quantitative estimate of drug-likeness (QED) is 0.384. The number of hydrogen-bond acceptors (Lipinski definition) is 6. The number of nitrogens with zero attached hydrogens (tertiary/aromatic N) is 4. The smallest absolute Gasteiger partial charge is 0.251 e. The van der Waals surface area contributed by atoms with Crippen LogP contribution in [-0.2, 0) is 0 Å². The zero-order chi connectivity index (χ0) is 22.2. The molecule has 32 heavy (non-hydrogen) atoms. The SMILES string of the molecule is CCCCOc1ccc(C(=O)NCCOc2ccc3nnc(-c4ccccc4)n3n2)cc1. The largest absolute Gasteiger partial charge is 0.494 e.